The maximum atomic E-state index is 11.1. The second-order valence-electron chi connectivity index (χ2n) is 5.12. The highest BCUT2D eigenvalue weighted by atomic mass is 32.2. The SMILES string of the molecule is COc1ccc(-c2nnc(SCc3ccccc3[N+](=O)[O-])o2)cc1OC. The molecule has 0 amide bonds. The summed E-state index contributed by atoms with van der Waals surface area (Å²) < 4.78 is 16.1. The van der Waals surface area contributed by atoms with E-state index in [1.807, 2.05) is 0 Å². The molecule has 1 aromatic heterocycles. The molecule has 0 aliphatic heterocycles. The second-order valence-corrected chi connectivity index (χ2v) is 6.04. The zero-order chi connectivity index (χ0) is 18.5. The van der Waals surface area contributed by atoms with Crippen LogP contribution < -0.4 is 9.47 Å². The van der Waals surface area contributed by atoms with E-state index in [1.54, 1.807) is 50.6 Å². The molecule has 2 aromatic carbocycles. The van der Waals surface area contributed by atoms with Gasteiger partial charge in [0.1, 0.15) is 0 Å². The van der Waals surface area contributed by atoms with Crippen LogP contribution in [0.3, 0.4) is 0 Å². The van der Waals surface area contributed by atoms with Gasteiger partial charge >= 0.3 is 0 Å². The second kappa shape index (κ2) is 7.87. The molecule has 0 spiro atoms. The number of methoxy groups -OCH3 is 2. The lowest BCUT2D eigenvalue weighted by Gasteiger charge is -2.07. The van der Waals surface area contributed by atoms with Crippen molar-refractivity contribution in [3.8, 4) is 23.0 Å². The molecule has 0 aliphatic rings. The summed E-state index contributed by atoms with van der Waals surface area (Å²) in [4.78, 5) is 10.7. The van der Waals surface area contributed by atoms with Gasteiger partial charge in [0.2, 0.25) is 5.89 Å². The molecule has 3 rings (SSSR count). The number of benzene rings is 2. The Morgan fingerprint density at radius 1 is 1.12 bits per heavy atom. The first kappa shape index (κ1) is 17.7. The summed E-state index contributed by atoms with van der Waals surface area (Å²) >= 11 is 1.24. The zero-order valence-corrected chi connectivity index (χ0v) is 14.9. The Morgan fingerprint density at radius 3 is 2.62 bits per heavy atom. The van der Waals surface area contributed by atoms with Gasteiger partial charge in [0.25, 0.3) is 10.9 Å². The maximum absolute atomic E-state index is 11.1. The lowest BCUT2D eigenvalue weighted by molar-refractivity contribution is -0.385. The third-order valence-electron chi connectivity index (χ3n) is 3.58. The number of nitro benzene ring substituents is 1. The summed E-state index contributed by atoms with van der Waals surface area (Å²) in [5.74, 6) is 1.83. The molecule has 1 heterocycles. The molecule has 0 atom stereocenters. The van der Waals surface area contributed by atoms with Gasteiger partial charge in [0.05, 0.1) is 19.1 Å². The number of hydrogen-bond donors (Lipinski definition) is 0. The number of thioether (sulfide) groups is 1. The lowest BCUT2D eigenvalue weighted by Crippen LogP contribution is -1.93. The van der Waals surface area contributed by atoms with Crippen LogP contribution >= 0.6 is 11.8 Å². The van der Waals surface area contributed by atoms with E-state index in [-0.39, 0.29) is 5.69 Å². The molecule has 0 aliphatic carbocycles. The topological polar surface area (TPSA) is 101 Å². The van der Waals surface area contributed by atoms with E-state index in [0.29, 0.717) is 39.5 Å². The monoisotopic (exact) mass is 373 g/mol. The average Bonchev–Trinajstić information content (AvgIpc) is 3.15. The summed E-state index contributed by atoms with van der Waals surface area (Å²) in [6, 6.07) is 11.8. The average molecular weight is 373 g/mol. The lowest BCUT2D eigenvalue weighted by atomic mass is 10.2. The normalized spacial score (nSPS) is 10.5. The van der Waals surface area contributed by atoms with Crippen LogP contribution in [0.1, 0.15) is 5.56 Å². The first-order valence-electron chi connectivity index (χ1n) is 7.53. The number of nitrogens with zero attached hydrogens (tertiary/aromatic N) is 3. The van der Waals surface area contributed by atoms with Crippen molar-refractivity contribution in [1.29, 1.82) is 0 Å². The molecule has 134 valence electrons. The number of para-hydroxylation sites is 1. The summed E-state index contributed by atoms with van der Waals surface area (Å²) in [7, 11) is 3.10. The molecule has 0 saturated carbocycles. The highest BCUT2D eigenvalue weighted by Gasteiger charge is 2.16. The quantitative estimate of drug-likeness (QED) is 0.348. The van der Waals surface area contributed by atoms with Gasteiger partial charge in [-0.2, -0.15) is 0 Å². The van der Waals surface area contributed by atoms with E-state index in [9.17, 15) is 10.1 Å². The molecule has 0 fully saturated rings. The highest BCUT2D eigenvalue weighted by Crippen LogP contribution is 2.33. The number of ether oxygens (including phenoxy) is 2. The van der Waals surface area contributed by atoms with E-state index in [1.165, 1.54) is 17.8 Å². The van der Waals surface area contributed by atoms with E-state index in [0.717, 1.165) is 0 Å². The van der Waals surface area contributed by atoms with Crippen LogP contribution in [-0.2, 0) is 5.75 Å². The summed E-state index contributed by atoms with van der Waals surface area (Å²) in [5.41, 5.74) is 1.35. The molecule has 3 aromatic rings. The van der Waals surface area contributed by atoms with Gasteiger partial charge in [-0.15, -0.1) is 10.2 Å². The predicted molar refractivity (Wildman–Crippen MR) is 95.5 cm³/mol. The van der Waals surface area contributed by atoms with Gasteiger partial charge in [0.15, 0.2) is 11.5 Å². The molecular weight excluding hydrogens is 358 g/mol. The molecule has 8 nitrogen and oxygen atoms in total. The van der Waals surface area contributed by atoms with Gasteiger partial charge in [-0.05, 0) is 18.2 Å². The molecular formula is C17H15N3O5S. The summed E-state index contributed by atoms with van der Waals surface area (Å²) in [6.45, 7) is 0. The van der Waals surface area contributed by atoms with Crippen molar-refractivity contribution < 1.29 is 18.8 Å². The van der Waals surface area contributed by atoms with Crippen molar-refractivity contribution in [2.75, 3.05) is 14.2 Å². The first-order chi connectivity index (χ1) is 12.6. The number of hydrogen-bond acceptors (Lipinski definition) is 8. The van der Waals surface area contributed by atoms with E-state index < -0.39 is 4.92 Å². The first-order valence-corrected chi connectivity index (χ1v) is 8.52. The van der Waals surface area contributed by atoms with E-state index in [2.05, 4.69) is 10.2 Å². The molecule has 0 N–H and O–H groups in total. The van der Waals surface area contributed by atoms with Gasteiger partial charge in [-0.25, -0.2) is 0 Å². The van der Waals surface area contributed by atoms with Gasteiger partial charge in [0, 0.05) is 22.9 Å². The van der Waals surface area contributed by atoms with Crippen LogP contribution in [-0.4, -0.2) is 29.3 Å². The minimum Gasteiger partial charge on any atom is -0.493 e. The Hall–Kier alpha value is -3.07. The maximum Gasteiger partial charge on any atom is 0.277 e. The van der Waals surface area contributed by atoms with Crippen molar-refractivity contribution in [1.82, 2.24) is 10.2 Å². The number of rotatable bonds is 7. The number of aromatic nitrogens is 2. The molecule has 9 heteroatoms. The Kier molecular flexibility index (Phi) is 5.37. The number of nitro groups is 1. The van der Waals surface area contributed by atoms with Crippen molar-refractivity contribution >= 4 is 17.4 Å². The molecule has 26 heavy (non-hydrogen) atoms. The van der Waals surface area contributed by atoms with Crippen LogP contribution in [0.5, 0.6) is 11.5 Å². The fraction of sp³-hybridized carbons (Fsp3) is 0.176. The van der Waals surface area contributed by atoms with Crippen LogP contribution in [0.4, 0.5) is 5.69 Å². The van der Waals surface area contributed by atoms with Crippen LogP contribution in [0.25, 0.3) is 11.5 Å². The van der Waals surface area contributed by atoms with E-state index >= 15 is 0 Å². The molecule has 0 bridgehead atoms. The Bertz CT molecular complexity index is 928. The van der Waals surface area contributed by atoms with Crippen molar-refractivity contribution in [3.63, 3.8) is 0 Å². The van der Waals surface area contributed by atoms with Crippen LogP contribution in [0.2, 0.25) is 0 Å². The Morgan fingerprint density at radius 2 is 1.88 bits per heavy atom. The minimum absolute atomic E-state index is 0.0691. The smallest absolute Gasteiger partial charge is 0.277 e. The van der Waals surface area contributed by atoms with Crippen LogP contribution in [0.15, 0.2) is 52.1 Å². The summed E-state index contributed by atoms with van der Waals surface area (Å²) in [6.07, 6.45) is 0. The van der Waals surface area contributed by atoms with Crippen molar-refractivity contribution in [2.24, 2.45) is 0 Å². The molecule has 0 radical (unpaired) electrons. The highest BCUT2D eigenvalue weighted by molar-refractivity contribution is 7.98. The zero-order valence-electron chi connectivity index (χ0n) is 14.0. The molecule has 0 unspecified atom stereocenters. The van der Waals surface area contributed by atoms with Gasteiger partial charge in [-0.3, -0.25) is 10.1 Å². The van der Waals surface area contributed by atoms with E-state index in [4.69, 9.17) is 13.9 Å². The Balaban J connectivity index is 1.76. The fourth-order valence-corrected chi connectivity index (χ4v) is 3.06. The Labute approximate surface area is 153 Å². The third kappa shape index (κ3) is 3.77. The van der Waals surface area contributed by atoms with Gasteiger partial charge < -0.3 is 13.9 Å². The third-order valence-corrected chi connectivity index (χ3v) is 4.44. The minimum atomic E-state index is -0.404. The van der Waals surface area contributed by atoms with Crippen LogP contribution in [0, 0.1) is 10.1 Å². The van der Waals surface area contributed by atoms with Crippen molar-refractivity contribution in [3.05, 3.63) is 58.1 Å². The standard InChI is InChI=1S/C17H15N3O5S/c1-23-14-8-7-11(9-15(14)24-2)16-18-19-17(25-16)26-10-12-5-3-4-6-13(12)20(21)22/h3-9H,10H2,1-2H3. The molecule has 0 saturated heterocycles. The fourth-order valence-electron chi connectivity index (χ4n) is 2.30. The largest absolute Gasteiger partial charge is 0.493 e. The predicted octanol–water partition coefficient (Wildman–Crippen LogP) is 3.95. The van der Waals surface area contributed by atoms with Crippen molar-refractivity contribution in [2.45, 2.75) is 11.0 Å². The summed E-state index contributed by atoms with van der Waals surface area (Å²) in [5, 5.41) is 19.4. The van der Waals surface area contributed by atoms with Gasteiger partial charge in [-0.1, -0.05) is 30.0 Å².